The van der Waals surface area contributed by atoms with Crippen LogP contribution >= 0.6 is 34.4 Å². The summed E-state index contributed by atoms with van der Waals surface area (Å²) in [7, 11) is 0. The van der Waals surface area contributed by atoms with Crippen LogP contribution in [0.25, 0.3) is 41.8 Å². The van der Waals surface area contributed by atoms with Crippen LogP contribution in [-0.2, 0) is 6.54 Å². The summed E-state index contributed by atoms with van der Waals surface area (Å²) >= 11 is 3.90. The van der Waals surface area contributed by atoms with Crippen LogP contribution in [0, 0.1) is 17.6 Å². The van der Waals surface area contributed by atoms with Crippen molar-refractivity contribution in [3.05, 3.63) is 45.6 Å². The molecule has 238 valence electrons. The van der Waals surface area contributed by atoms with E-state index in [4.69, 9.17) is 0 Å². The van der Waals surface area contributed by atoms with Crippen molar-refractivity contribution in [3.63, 3.8) is 0 Å². The number of halogens is 2. The molecule has 4 aromatic heterocycles. The maximum absolute atomic E-state index is 15.3. The lowest BCUT2D eigenvalue weighted by molar-refractivity contribution is 0.358. The van der Waals surface area contributed by atoms with E-state index >= 15 is 4.39 Å². The highest BCUT2D eigenvalue weighted by atomic mass is 32.1. The standard InChI is InChI=1S/C35H45F2N3OS3/c1-3-5-7-9-11-12-14-16-18-24(17-15-13-10-8-6-4-2)23-40-28-22-29(43-34(28)33-25(35(40)41)19-20-42-33)30-31(37)26(36)21-27-32(30)39-44-38-27/h19-22,24H,3-18,23H2,1-2H3. The van der Waals surface area contributed by atoms with Gasteiger partial charge in [0.15, 0.2) is 11.6 Å². The third-order valence-corrected chi connectivity index (χ3v) is 11.7. The molecule has 0 fully saturated rings. The summed E-state index contributed by atoms with van der Waals surface area (Å²) in [5, 5.41) is 2.66. The molecule has 0 aliphatic carbocycles. The first-order valence-electron chi connectivity index (χ1n) is 16.7. The van der Waals surface area contributed by atoms with Gasteiger partial charge in [0, 0.05) is 17.5 Å². The first-order chi connectivity index (χ1) is 21.5. The van der Waals surface area contributed by atoms with Crippen LogP contribution in [0.5, 0.6) is 0 Å². The Morgan fingerprint density at radius 2 is 1.45 bits per heavy atom. The zero-order chi connectivity index (χ0) is 30.9. The summed E-state index contributed by atoms with van der Waals surface area (Å²) < 4.78 is 42.2. The van der Waals surface area contributed by atoms with Crippen molar-refractivity contribution in [1.82, 2.24) is 13.3 Å². The van der Waals surface area contributed by atoms with E-state index in [1.54, 1.807) is 0 Å². The fraction of sp³-hybridized carbons (Fsp3) is 0.571. The molecule has 1 aromatic carbocycles. The SMILES string of the molecule is CCCCCCCCCCC(CCCCCCCC)Cn1c(=O)c2ccsc2c2sc(-c3c(F)c(F)cc4nsnc34)cc21. The average Bonchev–Trinajstić information content (AvgIpc) is 3.78. The van der Waals surface area contributed by atoms with Gasteiger partial charge in [0.25, 0.3) is 5.56 Å². The Hall–Kier alpha value is -2.23. The van der Waals surface area contributed by atoms with Crippen molar-refractivity contribution < 1.29 is 8.78 Å². The lowest BCUT2D eigenvalue weighted by Gasteiger charge is -2.20. The van der Waals surface area contributed by atoms with E-state index < -0.39 is 11.6 Å². The van der Waals surface area contributed by atoms with Crippen molar-refractivity contribution in [2.45, 2.75) is 123 Å². The molecule has 9 heteroatoms. The minimum atomic E-state index is -0.930. The molecular formula is C35H45F2N3OS3. The summed E-state index contributed by atoms with van der Waals surface area (Å²) in [5.74, 6) is -1.44. The van der Waals surface area contributed by atoms with E-state index in [0.29, 0.717) is 33.8 Å². The van der Waals surface area contributed by atoms with Gasteiger partial charge in [0.1, 0.15) is 11.0 Å². The molecule has 0 amide bonds. The molecule has 0 spiro atoms. The summed E-state index contributed by atoms with van der Waals surface area (Å²) in [6.45, 7) is 5.16. The first kappa shape index (κ1) is 33.1. The van der Waals surface area contributed by atoms with Crippen molar-refractivity contribution in [2.24, 2.45) is 5.92 Å². The number of fused-ring (bicyclic) bond motifs is 4. The van der Waals surface area contributed by atoms with Gasteiger partial charge in [-0.25, -0.2) is 8.78 Å². The van der Waals surface area contributed by atoms with E-state index in [1.165, 1.54) is 113 Å². The summed E-state index contributed by atoms with van der Waals surface area (Å²) in [6, 6.07) is 4.90. The van der Waals surface area contributed by atoms with Gasteiger partial charge in [-0.1, -0.05) is 104 Å². The Morgan fingerprint density at radius 3 is 2.11 bits per heavy atom. The zero-order valence-electron chi connectivity index (χ0n) is 26.1. The molecule has 0 saturated heterocycles. The van der Waals surface area contributed by atoms with Crippen LogP contribution in [0.3, 0.4) is 0 Å². The van der Waals surface area contributed by atoms with Crippen LogP contribution in [0.2, 0.25) is 0 Å². The molecule has 0 aliphatic rings. The van der Waals surface area contributed by atoms with Crippen molar-refractivity contribution in [2.75, 3.05) is 0 Å². The number of pyridine rings is 1. The molecule has 4 nitrogen and oxygen atoms in total. The van der Waals surface area contributed by atoms with Crippen LogP contribution in [0.1, 0.15) is 117 Å². The van der Waals surface area contributed by atoms with Gasteiger partial charge in [-0.15, -0.1) is 22.7 Å². The van der Waals surface area contributed by atoms with Gasteiger partial charge in [-0.2, -0.15) is 8.75 Å². The Balaban J connectivity index is 1.42. The minimum Gasteiger partial charge on any atom is -0.307 e. The Labute approximate surface area is 271 Å². The van der Waals surface area contributed by atoms with Crippen molar-refractivity contribution in [1.29, 1.82) is 0 Å². The molecule has 4 heterocycles. The molecule has 0 saturated carbocycles. The van der Waals surface area contributed by atoms with Crippen LogP contribution in [0.15, 0.2) is 28.4 Å². The molecule has 0 radical (unpaired) electrons. The van der Waals surface area contributed by atoms with Gasteiger partial charge in [-0.3, -0.25) is 4.79 Å². The van der Waals surface area contributed by atoms with Gasteiger partial charge in [0.05, 0.1) is 37.6 Å². The summed E-state index contributed by atoms with van der Waals surface area (Å²) in [5.41, 5.74) is 1.69. The number of rotatable bonds is 19. The number of hydrogen-bond donors (Lipinski definition) is 0. The molecule has 0 N–H and O–H groups in total. The number of aromatic nitrogens is 3. The minimum absolute atomic E-state index is 0.0159. The Kier molecular flexibility index (Phi) is 12.3. The maximum Gasteiger partial charge on any atom is 0.259 e. The average molecular weight is 658 g/mol. The lowest BCUT2D eigenvalue weighted by atomic mass is 9.93. The van der Waals surface area contributed by atoms with Crippen molar-refractivity contribution >= 4 is 65.7 Å². The third kappa shape index (κ3) is 7.76. The maximum atomic E-state index is 15.3. The summed E-state index contributed by atoms with van der Waals surface area (Å²) in [4.78, 5) is 14.5. The predicted molar refractivity (Wildman–Crippen MR) is 187 cm³/mol. The molecule has 1 atom stereocenters. The summed E-state index contributed by atoms with van der Waals surface area (Å²) in [6.07, 6.45) is 20.1. The van der Waals surface area contributed by atoms with E-state index in [1.807, 2.05) is 22.1 Å². The van der Waals surface area contributed by atoms with Gasteiger partial charge in [0.2, 0.25) is 0 Å². The molecule has 5 rings (SSSR count). The smallest absolute Gasteiger partial charge is 0.259 e. The van der Waals surface area contributed by atoms with E-state index in [2.05, 4.69) is 22.6 Å². The van der Waals surface area contributed by atoms with Gasteiger partial charge in [-0.05, 0) is 36.3 Å². The monoisotopic (exact) mass is 657 g/mol. The first-order valence-corrected chi connectivity index (χ1v) is 19.1. The molecule has 0 bridgehead atoms. The number of thiophene rings is 2. The molecule has 5 aromatic rings. The largest absolute Gasteiger partial charge is 0.307 e. The van der Waals surface area contributed by atoms with E-state index in [-0.39, 0.29) is 11.1 Å². The number of benzene rings is 1. The third-order valence-electron chi connectivity index (χ3n) is 8.91. The molecular weight excluding hydrogens is 613 g/mol. The van der Waals surface area contributed by atoms with Crippen LogP contribution in [-0.4, -0.2) is 13.3 Å². The Morgan fingerprint density at radius 1 is 0.818 bits per heavy atom. The molecule has 1 unspecified atom stereocenters. The second kappa shape index (κ2) is 16.4. The van der Waals surface area contributed by atoms with E-state index in [0.717, 1.165) is 45.6 Å². The highest BCUT2D eigenvalue weighted by Crippen LogP contribution is 2.42. The van der Waals surface area contributed by atoms with Crippen LogP contribution < -0.4 is 5.56 Å². The zero-order valence-corrected chi connectivity index (χ0v) is 28.6. The quantitative estimate of drug-likeness (QED) is 0.0830. The number of hydrogen-bond acceptors (Lipinski definition) is 6. The second-order valence-electron chi connectivity index (χ2n) is 12.3. The Bertz CT molecular complexity index is 1700. The van der Waals surface area contributed by atoms with E-state index in [9.17, 15) is 9.18 Å². The lowest BCUT2D eigenvalue weighted by Crippen LogP contribution is -2.24. The highest BCUT2D eigenvalue weighted by molar-refractivity contribution is 7.28. The topological polar surface area (TPSA) is 47.8 Å². The predicted octanol–water partition coefficient (Wildman–Crippen LogP) is 12.1. The molecule has 44 heavy (non-hydrogen) atoms. The normalized spacial score (nSPS) is 12.7. The molecule has 0 aliphatic heterocycles. The highest BCUT2D eigenvalue weighted by Gasteiger charge is 2.23. The van der Waals surface area contributed by atoms with Crippen LogP contribution in [0.4, 0.5) is 8.78 Å². The number of unbranched alkanes of at least 4 members (excludes halogenated alkanes) is 12. The fourth-order valence-corrected chi connectivity index (χ4v) is 9.21. The van der Waals surface area contributed by atoms with Gasteiger partial charge >= 0.3 is 0 Å². The van der Waals surface area contributed by atoms with Crippen molar-refractivity contribution in [3.8, 4) is 10.4 Å². The van der Waals surface area contributed by atoms with Gasteiger partial charge < -0.3 is 4.57 Å². The second-order valence-corrected chi connectivity index (χ2v) is 14.8. The number of nitrogens with zero attached hydrogens (tertiary/aromatic N) is 3. The fourth-order valence-electron chi connectivity index (χ4n) is 6.42.